The molecule has 2 heterocycles. The maximum Gasteiger partial charge on any atom is 0.305 e. The van der Waals surface area contributed by atoms with Crippen molar-refractivity contribution in [2.45, 2.75) is 6.42 Å². The Morgan fingerprint density at radius 2 is 2.38 bits per heavy atom. The maximum atomic E-state index is 10.5. The van der Waals surface area contributed by atoms with Gasteiger partial charge in [0, 0.05) is 13.6 Å². The smallest absolute Gasteiger partial charge is 0.305 e. The van der Waals surface area contributed by atoms with Gasteiger partial charge in [-0.15, -0.1) is 11.3 Å². The second kappa shape index (κ2) is 4.44. The fraction of sp³-hybridized carbons (Fsp3) is 0.300. The molecule has 2 aromatic heterocycles. The van der Waals surface area contributed by atoms with Crippen molar-refractivity contribution in [1.82, 2.24) is 9.97 Å². The Hall–Kier alpha value is -1.69. The summed E-state index contributed by atoms with van der Waals surface area (Å²) in [7, 11) is 1.84. The first-order valence-corrected chi connectivity index (χ1v) is 5.67. The summed E-state index contributed by atoms with van der Waals surface area (Å²) in [5, 5.41) is 10.6. The number of carboxylic acids is 1. The monoisotopic (exact) mass is 237 g/mol. The molecule has 0 aromatic carbocycles. The molecule has 0 unspecified atom stereocenters. The van der Waals surface area contributed by atoms with E-state index in [1.54, 1.807) is 11.3 Å². The van der Waals surface area contributed by atoms with Crippen molar-refractivity contribution in [1.29, 1.82) is 0 Å². The molecule has 16 heavy (non-hydrogen) atoms. The van der Waals surface area contributed by atoms with Crippen molar-refractivity contribution in [2.75, 3.05) is 18.5 Å². The molecule has 0 fully saturated rings. The van der Waals surface area contributed by atoms with E-state index in [4.69, 9.17) is 5.11 Å². The molecule has 2 rings (SSSR count). The molecule has 0 aliphatic carbocycles. The topological polar surface area (TPSA) is 66.3 Å². The largest absolute Gasteiger partial charge is 0.481 e. The molecule has 2 aromatic rings. The summed E-state index contributed by atoms with van der Waals surface area (Å²) < 4.78 is 0.996. The van der Waals surface area contributed by atoms with E-state index in [-0.39, 0.29) is 6.42 Å². The molecular weight excluding hydrogens is 226 g/mol. The third-order valence-corrected chi connectivity index (χ3v) is 3.15. The molecule has 0 saturated heterocycles. The summed E-state index contributed by atoms with van der Waals surface area (Å²) >= 11 is 1.56. The fourth-order valence-electron chi connectivity index (χ4n) is 1.42. The Kier molecular flexibility index (Phi) is 3.00. The lowest BCUT2D eigenvalue weighted by molar-refractivity contribution is -0.136. The van der Waals surface area contributed by atoms with E-state index in [2.05, 4.69) is 9.97 Å². The van der Waals surface area contributed by atoms with Crippen LogP contribution in [0.3, 0.4) is 0 Å². The molecule has 5 nitrogen and oxygen atoms in total. The van der Waals surface area contributed by atoms with Crippen LogP contribution in [-0.4, -0.2) is 34.6 Å². The summed E-state index contributed by atoms with van der Waals surface area (Å²) in [6, 6.07) is 1.93. The van der Waals surface area contributed by atoms with E-state index in [0.29, 0.717) is 6.54 Å². The van der Waals surface area contributed by atoms with Crippen LogP contribution in [-0.2, 0) is 4.79 Å². The van der Waals surface area contributed by atoms with Crippen LogP contribution < -0.4 is 4.90 Å². The van der Waals surface area contributed by atoms with Crippen molar-refractivity contribution in [3.63, 3.8) is 0 Å². The normalized spacial score (nSPS) is 10.6. The number of rotatable bonds is 4. The fourth-order valence-corrected chi connectivity index (χ4v) is 2.31. The van der Waals surface area contributed by atoms with E-state index in [0.717, 1.165) is 16.0 Å². The van der Waals surface area contributed by atoms with Gasteiger partial charge in [0.25, 0.3) is 0 Å². The molecule has 0 bridgehead atoms. The Morgan fingerprint density at radius 1 is 1.56 bits per heavy atom. The van der Waals surface area contributed by atoms with Gasteiger partial charge in [-0.25, -0.2) is 9.97 Å². The Bertz CT molecular complexity index is 511. The van der Waals surface area contributed by atoms with Crippen LogP contribution >= 0.6 is 11.3 Å². The Morgan fingerprint density at radius 3 is 3.12 bits per heavy atom. The lowest BCUT2D eigenvalue weighted by Crippen LogP contribution is -2.22. The highest BCUT2D eigenvalue weighted by Crippen LogP contribution is 2.26. The van der Waals surface area contributed by atoms with Crippen LogP contribution in [0.4, 0.5) is 5.82 Å². The predicted octanol–water partition coefficient (Wildman–Crippen LogP) is 1.60. The molecule has 0 aliphatic rings. The van der Waals surface area contributed by atoms with Gasteiger partial charge in [0.1, 0.15) is 12.1 Å². The van der Waals surface area contributed by atoms with Crippen molar-refractivity contribution in [2.24, 2.45) is 0 Å². The van der Waals surface area contributed by atoms with Crippen LogP contribution in [0, 0.1) is 0 Å². The summed E-state index contributed by atoms with van der Waals surface area (Å²) in [5.74, 6) is -0.00965. The third-order valence-electron chi connectivity index (χ3n) is 2.25. The van der Waals surface area contributed by atoms with Crippen molar-refractivity contribution in [3.8, 4) is 0 Å². The maximum absolute atomic E-state index is 10.5. The van der Waals surface area contributed by atoms with E-state index < -0.39 is 5.97 Å². The van der Waals surface area contributed by atoms with E-state index >= 15 is 0 Å². The summed E-state index contributed by atoms with van der Waals surface area (Å²) in [6.07, 6.45) is 1.61. The number of anilines is 1. The van der Waals surface area contributed by atoms with Gasteiger partial charge in [0.15, 0.2) is 0 Å². The van der Waals surface area contributed by atoms with Crippen LogP contribution in [0.25, 0.3) is 10.2 Å². The molecule has 0 radical (unpaired) electrons. The predicted molar refractivity (Wildman–Crippen MR) is 62.9 cm³/mol. The minimum atomic E-state index is -0.802. The van der Waals surface area contributed by atoms with Crippen LogP contribution in [0.15, 0.2) is 17.8 Å². The summed E-state index contributed by atoms with van der Waals surface area (Å²) in [5.41, 5.74) is 0.900. The van der Waals surface area contributed by atoms with Gasteiger partial charge in [-0.2, -0.15) is 0 Å². The van der Waals surface area contributed by atoms with Crippen LogP contribution in [0.5, 0.6) is 0 Å². The SMILES string of the molecule is CN(CCC(=O)O)c1ncnc2ccsc12. The molecule has 0 saturated carbocycles. The van der Waals surface area contributed by atoms with Gasteiger partial charge in [-0.3, -0.25) is 4.79 Å². The average Bonchev–Trinajstić information content (AvgIpc) is 2.73. The zero-order chi connectivity index (χ0) is 11.5. The van der Waals surface area contributed by atoms with Gasteiger partial charge in [-0.1, -0.05) is 0 Å². The van der Waals surface area contributed by atoms with Crippen molar-refractivity contribution < 1.29 is 9.90 Å². The Balaban J connectivity index is 2.25. The standard InChI is InChI=1S/C10H11N3O2S/c1-13(4-2-8(14)15)10-9-7(3-5-16-9)11-6-12-10/h3,5-6H,2,4H2,1H3,(H,14,15). The Labute approximate surface area is 96.4 Å². The second-order valence-electron chi connectivity index (χ2n) is 3.40. The highest BCUT2D eigenvalue weighted by atomic mass is 32.1. The van der Waals surface area contributed by atoms with Crippen LogP contribution in [0.2, 0.25) is 0 Å². The van der Waals surface area contributed by atoms with E-state index in [9.17, 15) is 4.79 Å². The van der Waals surface area contributed by atoms with Gasteiger partial charge in [-0.05, 0) is 11.4 Å². The first-order chi connectivity index (χ1) is 7.68. The average molecular weight is 237 g/mol. The minimum Gasteiger partial charge on any atom is -0.481 e. The lowest BCUT2D eigenvalue weighted by atomic mass is 10.3. The van der Waals surface area contributed by atoms with Crippen molar-refractivity contribution in [3.05, 3.63) is 17.8 Å². The number of aromatic nitrogens is 2. The zero-order valence-corrected chi connectivity index (χ0v) is 9.57. The minimum absolute atomic E-state index is 0.105. The zero-order valence-electron chi connectivity index (χ0n) is 8.75. The van der Waals surface area contributed by atoms with Gasteiger partial charge < -0.3 is 10.0 Å². The third kappa shape index (κ3) is 2.11. The molecular formula is C10H11N3O2S. The first-order valence-electron chi connectivity index (χ1n) is 4.79. The number of hydrogen-bond donors (Lipinski definition) is 1. The number of aliphatic carboxylic acids is 1. The second-order valence-corrected chi connectivity index (χ2v) is 4.31. The van der Waals surface area contributed by atoms with Crippen LogP contribution in [0.1, 0.15) is 6.42 Å². The summed E-state index contributed by atoms with van der Waals surface area (Å²) in [6.45, 7) is 0.444. The summed E-state index contributed by atoms with van der Waals surface area (Å²) in [4.78, 5) is 20.7. The lowest BCUT2D eigenvalue weighted by Gasteiger charge is -2.17. The van der Waals surface area contributed by atoms with Gasteiger partial charge in [0.05, 0.1) is 16.6 Å². The molecule has 0 amide bonds. The quantitative estimate of drug-likeness (QED) is 0.875. The number of nitrogens with zero attached hydrogens (tertiary/aromatic N) is 3. The number of carbonyl (C=O) groups is 1. The number of hydrogen-bond acceptors (Lipinski definition) is 5. The highest BCUT2D eigenvalue weighted by molar-refractivity contribution is 7.17. The van der Waals surface area contributed by atoms with E-state index in [1.807, 2.05) is 23.4 Å². The number of thiophene rings is 1. The number of fused-ring (bicyclic) bond motifs is 1. The molecule has 0 aliphatic heterocycles. The molecule has 1 N–H and O–H groups in total. The number of carboxylic acid groups (broad SMARTS) is 1. The van der Waals surface area contributed by atoms with Gasteiger partial charge in [0.2, 0.25) is 0 Å². The van der Waals surface area contributed by atoms with Crippen molar-refractivity contribution >= 4 is 33.3 Å². The highest BCUT2D eigenvalue weighted by Gasteiger charge is 2.10. The first kappa shape index (κ1) is 10.8. The molecule has 84 valence electrons. The van der Waals surface area contributed by atoms with E-state index in [1.165, 1.54) is 6.33 Å². The van der Waals surface area contributed by atoms with Gasteiger partial charge >= 0.3 is 5.97 Å². The molecule has 0 spiro atoms. The molecule has 6 heteroatoms. The molecule has 0 atom stereocenters.